The number of hydrogen-bond acceptors (Lipinski definition) is 4. The average Bonchev–Trinajstić information content (AvgIpc) is 2.60. The zero-order valence-electron chi connectivity index (χ0n) is 13.3. The standard InChI is InChI=1S/C17H13BrF3N3O/c1-22-16-23-8-12-11(7-13(18)15(25-2)14(12)24-16)9-4-3-5-10(6-9)17(19,20)21/h3-8H,1-2H3,(H,22,23,24). The van der Waals surface area contributed by atoms with E-state index in [1.807, 2.05) is 0 Å². The molecule has 1 heterocycles. The van der Waals surface area contributed by atoms with Crippen LogP contribution in [-0.2, 0) is 6.18 Å². The van der Waals surface area contributed by atoms with Gasteiger partial charge < -0.3 is 10.1 Å². The number of benzene rings is 2. The highest BCUT2D eigenvalue weighted by atomic mass is 79.9. The first-order chi connectivity index (χ1) is 11.8. The van der Waals surface area contributed by atoms with Gasteiger partial charge in [-0.15, -0.1) is 0 Å². The van der Waals surface area contributed by atoms with Gasteiger partial charge in [0.25, 0.3) is 0 Å². The summed E-state index contributed by atoms with van der Waals surface area (Å²) in [5, 5.41) is 3.43. The second-order valence-corrected chi connectivity index (χ2v) is 6.08. The smallest absolute Gasteiger partial charge is 0.416 e. The Morgan fingerprint density at radius 2 is 1.96 bits per heavy atom. The summed E-state index contributed by atoms with van der Waals surface area (Å²) in [6.45, 7) is 0. The molecule has 2 aromatic carbocycles. The summed E-state index contributed by atoms with van der Waals surface area (Å²) in [6.07, 6.45) is -2.84. The highest BCUT2D eigenvalue weighted by Gasteiger charge is 2.30. The van der Waals surface area contributed by atoms with Crippen LogP contribution in [0.1, 0.15) is 5.56 Å². The Bertz CT molecular complexity index is 944. The third-order valence-electron chi connectivity index (χ3n) is 3.71. The van der Waals surface area contributed by atoms with Crippen LogP contribution in [0.5, 0.6) is 5.75 Å². The predicted octanol–water partition coefficient (Wildman–Crippen LogP) is 5.13. The summed E-state index contributed by atoms with van der Waals surface area (Å²) in [5.41, 5.74) is 0.793. The molecule has 0 spiro atoms. The zero-order chi connectivity index (χ0) is 18.2. The van der Waals surface area contributed by atoms with Crippen molar-refractivity contribution in [1.29, 1.82) is 0 Å². The van der Waals surface area contributed by atoms with Gasteiger partial charge >= 0.3 is 6.18 Å². The van der Waals surface area contributed by atoms with Crippen LogP contribution < -0.4 is 10.1 Å². The van der Waals surface area contributed by atoms with Gasteiger partial charge in [0.1, 0.15) is 5.52 Å². The van der Waals surface area contributed by atoms with Crippen LogP contribution in [0.25, 0.3) is 22.0 Å². The van der Waals surface area contributed by atoms with E-state index in [1.165, 1.54) is 13.2 Å². The minimum Gasteiger partial charge on any atom is -0.493 e. The molecule has 3 aromatic rings. The van der Waals surface area contributed by atoms with Crippen LogP contribution >= 0.6 is 15.9 Å². The summed E-state index contributed by atoms with van der Waals surface area (Å²) in [7, 11) is 3.18. The quantitative estimate of drug-likeness (QED) is 0.648. The molecule has 0 fully saturated rings. The third-order valence-corrected chi connectivity index (χ3v) is 4.30. The predicted molar refractivity (Wildman–Crippen MR) is 93.8 cm³/mol. The molecule has 0 saturated heterocycles. The van der Waals surface area contributed by atoms with E-state index in [9.17, 15) is 13.2 Å². The van der Waals surface area contributed by atoms with Crippen molar-refractivity contribution in [2.75, 3.05) is 19.5 Å². The Labute approximate surface area is 150 Å². The second-order valence-electron chi connectivity index (χ2n) is 5.22. The molecule has 0 radical (unpaired) electrons. The van der Waals surface area contributed by atoms with Gasteiger partial charge in [0.15, 0.2) is 5.75 Å². The van der Waals surface area contributed by atoms with Crippen LogP contribution in [0.15, 0.2) is 41.0 Å². The first-order valence-electron chi connectivity index (χ1n) is 7.23. The van der Waals surface area contributed by atoms with E-state index in [2.05, 4.69) is 31.2 Å². The largest absolute Gasteiger partial charge is 0.493 e. The maximum atomic E-state index is 13.0. The number of anilines is 1. The van der Waals surface area contributed by atoms with Gasteiger partial charge in [-0.1, -0.05) is 12.1 Å². The van der Waals surface area contributed by atoms with Gasteiger partial charge in [-0.05, 0) is 45.3 Å². The molecule has 4 nitrogen and oxygen atoms in total. The summed E-state index contributed by atoms with van der Waals surface area (Å²) in [5.74, 6) is 0.878. The summed E-state index contributed by atoms with van der Waals surface area (Å²) < 4.78 is 45.1. The van der Waals surface area contributed by atoms with E-state index in [4.69, 9.17) is 4.74 Å². The van der Waals surface area contributed by atoms with Crippen molar-refractivity contribution in [2.24, 2.45) is 0 Å². The highest BCUT2D eigenvalue weighted by molar-refractivity contribution is 9.10. The normalized spacial score (nSPS) is 11.6. The summed E-state index contributed by atoms with van der Waals surface area (Å²) in [6, 6.07) is 6.86. The lowest BCUT2D eigenvalue weighted by molar-refractivity contribution is -0.137. The Hall–Kier alpha value is -2.35. The van der Waals surface area contributed by atoms with E-state index >= 15 is 0 Å². The molecular formula is C17H13BrF3N3O. The van der Waals surface area contributed by atoms with Gasteiger partial charge in [0, 0.05) is 18.6 Å². The second kappa shape index (κ2) is 6.51. The van der Waals surface area contributed by atoms with Crippen LogP contribution in [-0.4, -0.2) is 24.1 Å². The van der Waals surface area contributed by atoms with Crippen molar-refractivity contribution >= 4 is 32.8 Å². The minimum atomic E-state index is -4.41. The molecule has 0 atom stereocenters. The number of halogens is 4. The zero-order valence-corrected chi connectivity index (χ0v) is 14.9. The molecule has 8 heteroatoms. The van der Waals surface area contributed by atoms with Gasteiger partial charge in [-0.2, -0.15) is 13.2 Å². The maximum Gasteiger partial charge on any atom is 0.416 e. The number of fused-ring (bicyclic) bond motifs is 1. The molecule has 25 heavy (non-hydrogen) atoms. The first-order valence-corrected chi connectivity index (χ1v) is 8.03. The number of nitrogens with zero attached hydrogens (tertiary/aromatic N) is 2. The van der Waals surface area contributed by atoms with E-state index in [1.54, 1.807) is 25.4 Å². The number of hydrogen-bond donors (Lipinski definition) is 1. The van der Waals surface area contributed by atoms with E-state index < -0.39 is 11.7 Å². The lowest BCUT2D eigenvalue weighted by atomic mass is 9.99. The van der Waals surface area contributed by atoms with Crippen molar-refractivity contribution in [3.8, 4) is 16.9 Å². The Kier molecular flexibility index (Phi) is 4.55. The maximum absolute atomic E-state index is 13.0. The molecule has 0 aliphatic rings. The Balaban J connectivity index is 2.31. The number of aromatic nitrogens is 2. The van der Waals surface area contributed by atoms with Gasteiger partial charge in [0.05, 0.1) is 17.1 Å². The molecule has 1 N–H and O–H groups in total. The van der Waals surface area contributed by atoms with E-state index in [-0.39, 0.29) is 0 Å². The molecule has 3 rings (SSSR count). The number of nitrogens with one attached hydrogen (secondary N) is 1. The fraction of sp³-hybridized carbons (Fsp3) is 0.176. The molecule has 0 unspecified atom stereocenters. The Morgan fingerprint density at radius 3 is 2.60 bits per heavy atom. The van der Waals surface area contributed by atoms with Crippen molar-refractivity contribution in [2.45, 2.75) is 6.18 Å². The van der Waals surface area contributed by atoms with Gasteiger partial charge in [-0.3, -0.25) is 0 Å². The molecule has 0 aliphatic heterocycles. The van der Waals surface area contributed by atoms with Crippen molar-refractivity contribution in [3.63, 3.8) is 0 Å². The molecule has 0 aliphatic carbocycles. The molecule has 130 valence electrons. The number of ether oxygens (including phenoxy) is 1. The van der Waals surface area contributed by atoms with E-state index in [0.717, 1.165) is 12.1 Å². The fourth-order valence-corrected chi connectivity index (χ4v) is 3.13. The first kappa shape index (κ1) is 17.5. The lowest BCUT2D eigenvalue weighted by Gasteiger charge is -2.14. The lowest BCUT2D eigenvalue weighted by Crippen LogP contribution is -2.04. The monoisotopic (exact) mass is 411 g/mol. The third kappa shape index (κ3) is 3.26. The van der Waals surface area contributed by atoms with Gasteiger partial charge in [0.2, 0.25) is 5.95 Å². The molecule has 0 amide bonds. The SMILES string of the molecule is CNc1ncc2c(-c3cccc(C(F)(F)F)c3)cc(Br)c(OC)c2n1. The van der Waals surface area contributed by atoms with Crippen LogP contribution in [0.3, 0.4) is 0 Å². The van der Waals surface area contributed by atoms with Crippen molar-refractivity contribution in [1.82, 2.24) is 9.97 Å². The Morgan fingerprint density at radius 1 is 1.20 bits per heavy atom. The summed E-state index contributed by atoms with van der Waals surface area (Å²) >= 11 is 3.40. The molecule has 0 bridgehead atoms. The number of rotatable bonds is 3. The van der Waals surface area contributed by atoms with Crippen molar-refractivity contribution < 1.29 is 17.9 Å². The minimum absolute atomic E-state index is 0.388. The van der Waals surface area contributed by atoms with Gasteiger partial charge in [-0.25, -0.2) is 9.97 Å². The summed E-state index contributed by atoms with van der Waals surface area (Å²) in [4.78, 5) is 8.56. The number of alkyl halides is 3. The topological polar surface area (TPSA) is 47.0 Å². The molecule has 1 aromatic heterocycles. The van der Waals surface area contributed by atoms with Crippen LogP contribution in [0, 0.1) is 0 Å². The fourth-order valence-electron chi connectivity index (χ4n) is 2.55. The number of methoxy groups -OCH3 is 1. The average molecular weight is 412 g/mol. The molecule has 0 saturated carbocycles. The van der Waals surface area contributed by atoms with Crippen molar-refractivity contribution in [3.05, 3.63) is 46.6 Å². The van der Waals surface area contributed by atoms with E-state index in [0.29, 0.717) is 38.2 Å². The molecular weight excluding hydrogens is 399 g/mol. The van der Waals surface area contributed by atoms with Crippen LogP contribution in [0.2, 0.25) is 0 Å². The highest BCUT2D eigenvalue weighted by Crippen LogP contribution is 2.40. The van der Waals surface area contributed by atoms with Crippen LogP contribution in [0.4, 0.5) is 19.1 Å².